The van der Waals surface area contributed by atoms with Gasteiger partial charge in [-0.1, -0.05) is 88.9 Å². The van der Waals surface area contributed by atoms with Crippen LogP contribution in [0.5, 0.6) is 0 Å². The van der Waals surface area contributed by atoms with E-state index >= 15 is 0 Å². The van der Waals surface area contributed by atoms with Crippen LogP contribution in [0.1, 0.15) is 22.3 Å². The number of hydrogen-bond acceptors (Lipinski definition) is 4. The average molecular weight is 727 g/mol. The number of nitrogens with zero attached hydrogens (tertiary/aromatic N) is 2. The number of sulfonamides is 1. The van der Waals surface area contributed by atoms with Crippen molar-refractivity contribution < 1.29 is 31.2 Å². The smallest absolute Gasteiger partial charge is 0.357 e. The molecule has 0 spiro atoms. The van der Waals surface area contributed by atoms with E-state index in [2.05, 4.69) is 5.32 Å². The van der Waals surface area contributed by atoms with Crippen molar-refractivity contribution in [3.63, 3.8) is 0 Å². The van der Waals surface area contributed by atoms with Gasteiger partial charge in [-0.2, -0.15) is 13.2 Å². The van der Waals surface area contributed by atoms with Gasteiger partial charge in [0, 0.05) is 30.1 Å². The summed E-state index contributed by atoms with van der Waals surface area (Å²) < 4.78 is 70.4. The van der Waals surface area contributed by atoms with Crippen LogP contribution in [0.15, 0.2) is 95.9 Å². The average Bonchev–Trinajstić information content (AvgIpc) is 3.02. The first-order chi connectivity index (χ1) is 22.1. The summed E-state index contributed by atoms with van der Waals surface area (Å²) in [5.41, 5.74) is 0.0747. The number of halogens is 6. The largest absolute Gasteiger partial charge is 0.417 e. The molecule has 1 unspecified atom stereocenters. The summed E-state index contributed by atoms with van der Waals surface area (Å²) in [5.74, 6) is -1.45. The first-order valence-electron chi connectivity index (χ1n) is 14.1. The van der Waals surface area contributed by atoms with Gasteiger partial charge in [0.2, 0.25) is 11.8 Å². The number of alkyl halides is 3. The van der Waals surface area contributed by atoms with Gasteiger partial charge in [-0.15, -0.1) is 0 Å². The molecule has 4 rings (SSSR count). The molecule has 0 saturated carbocycles. The maximum Gasteiger partial charge on any atom is 0.417 e. The number of rotatable bonds is 11. The molecule has 0 fully saturated rings. The van der Waals surface area contributed by atoms with Gasteiger partial charge < -0.3 is 10.2 Å². The molecule has 47 heavy (non-hydrogen) atoms. The second kappa shape index (κ2) is 15.0. The SMILES string of the molecule is CNC(=O)C(Cc1ccccc1)N(Cc1ccc(Cl)cc1Cl)C(=O)CN(c1ccc(Cl)c(C(F)(F)F)c1)S(=O)(=O)c1ccc(C)cc1. The fraction of sp³-hybridized carbons (Fsp3) is 0.212. The minimum atomic E-state index is -4.92. The first kappa shape index (κ1) is 36.1. The van der Waals surface area contributed by atoms with E-state index in [1.54, 1.807) is 43.3 Å². The molecule has 0 aromatic heterocycles. The summed E-state index contributed by atoms with van der Waals surface area (Å²) in [4.78, 5) is 28.6. The lowest BCUT2D eigenvalue weighted by Crippen LogP contribution is -2.53. The van der Waals surface area contributed by atoms with Gasteiger partial charge in [0.15, 0.2) is 0 Å². The molecule has 1 N–H and O–H groups in total. The molecule has 0 bridgehead atoms. The highest BCUT2D eigenvalue weighted by Gasteiger charge is 2.37. The Bertz CT molecular complexity index is 1860. The molecule has 4 aromatic carbocycles. The van der Waals surface area contributed by atoms with Gasteiger partial charge in [-0.05, 0) is 60.5 Å². The fourth-order valence-electron chi connectivity index (χ4n) is 4.81. The van der Waals surface area contributed by atoms with Crippen molar-refractivity contribution in [3.8, 4) is 0 Å². The number of amides is 2. The maximum atomic E-state index is 14.4. The normalized spacial score (nSPS) is 12.3. The molecule has 0 heterocycles. The summed E-state index contributed by atoms with van der Waals surface area (Å²) in [6.07, 6.45) is -4.89. The Morgan fingerprint density at radius 3 is 2.13 bits per heavy atom. The van der Waals surface area contributed by atoms with Crippen LogP contribution in [0.25, 0.3) is 0 Å². The topological polar surface area (TPSA) is 86.8 Å². The van der Waals surface area contributed by atoms with Crippen LogP contribution >= 0.6 is 34.8 Å². The van der Waals surface area contributed by atoms with Crippen LogP contribution in [0.2, 0.25) is 15.1 Å². The van der Waals surface area contributed by atoms with Gasteiger partial charge in [-0.25, -0.2) is 8.42 Å². The number of hydrogen-bond donors (Lipinski definition) is 1. The molecule has 0 aliphatic rings. The molecule has 0 aliphatic heterocycles. The Hall–Kier alpha value is -3.77. The zero-order valence-corrected chi connectivity index (χ0v) is 28.1. The molecule has 0 aliphatic carbocycles. The minimum Gasteiger partial charge on any atom is -0.357 e. The van der Waals surface area contributed by atoms with Crippen molar-refractivity contribution in [1.82, 2.24) is 10.2 Å². The van der Waals surface area contributed by atoms with E-state index in [4.69, 9.17) is 34.8 Å². The van der Waals surface area contributed by atoms with Gasteiger partial charge >= 0.3 is 6.18 Å². The first-order valence-corrected chi connectivity index (χ1v) is 16.6. The second-order valence-electron chi connectivity index (χ2n) is 10.6. The number of anilines is 1. The maximum absolute atomic E-state index is 14.4. The Labute approximate surface area is 285 Å². The lowest BCUT2D eigenvalue weighted by atomic mass is 10.0. The predicted octanol–water partition coefficient (Wildman–Crippen LogP) is 7.56. The summed E-state index contributed by atoms with van der Waals surface area (Å²) in [6, 6.07) is 20.4. The van der Waals surface area contributed by atoms with E-state index in [1.807, 2.05) is 0 Å². The van der Waals surface area contributed by atoms with Gasteiger partial charge in [0.05, 0.1) is 21.2 Å². The quantitative estimate of drug-likeness (QED) is 0.173. The standard InChI is InChI=1S/C33H29Cl3F3N3O4S/c1-21-8-13-26(14-9-21)47(45,46)42(25-12-15-28(35)27(18-25)33(37,38)39)20-31(43)41(19-23-10-11-24(34)17-29(23)36)30(32(44)40-2)16-22-6-4-3-5-7-22/h3-15,17-18,30H,16,19-20H2,1-2H3,(H,40,44). The minimum absolute atomic E-state index is 0.0291. The van der Waals surface area contributed by atoms with Gasteiger partial charge in [0.25, 0.3) is 10.0 Å². The number of carbonyl (C=O) groups excluding carboxylic acids is 2. The number of carbonyl (C=O) groups is 2. The number of nitrogens with one attached hydrogen (secondary N) is 1. The lowest BCUT2D eigenvalue weighted by Gasteiger charge is -2.34. The van der Waals surface area contributed by atoms with Crippen molar-refractivity contribution in [2.45, 2.75) is 37.0 Å². The molecule has 7 nitrogen and oxygen atoms in total. The van der Waals surface area contributed by atoms with Crippen LogP contribution in [0.4, 0.5) is 18.9 Å². The van der Waals surface area contributed by atoms with Crippen LogP contribution in [0.3, 0.4) is 0 Å². The van der Waals surface area contributed by atoms with Crippen molar-refractivity contribution in [3.05, 3.63) is 128 Å². The Kier molecular flexibility index (Phi) is 11.5. The van der Waals surface area contributed by atoms with Crippen molar-refractivity contribution in [2.75, 3.05) is 17.9 Å². The lowest BCUT2D eigenvalue weighted by molar-refractivity contribution is -0.139. The molecule has 14 heteroatoms. The Morgan fingerprint density at radius 1 is 0.872 bits per heavy atom. The Morgan fingerprint density at radius 2 is 1.53 bits per heavy atom. The van der Waals surface area contributed by atoms with Crippen LogP contribution in [-0.2, 0) is 38.8 Å². The van der Waals surface area contributed by atoms with Crippen LogP contribution in [0, 0.1) is 6.92 Å². The number of likely N-dealkylation sites (N-methyl/N-ethyl adjacent to an activating group) is 1. The summed E-state index contributed by atoms with van der Waals surface area (Å²) in [7, 11) is -3.25. The third kappa shape index (κ3) is 8.78. The highest BCUT2D eigenvalue weighted by molar-refractivity contribution is 7.92. The third-order valence-corrected chi connectivity index (χ3v) is 10.0. The molecule has 248 valence electrons. The molecule has 2 amide bonds. The Balaban J connectivity index is 1.87. The summed E-state index contributed by atoms with van der Waals surface area (Å²) in [6.45, 7) is 0.507. The van der Waals surface area contributed by atoms with E-state index in [9.17, 15) is 31.2 Å². The third-order valence-electron chi connectivity index (χ3n) is 7.30. The molecule has 0 radical (unpaired) electrons. The van der Waals surface area contributed by atoms with E-state index < -0.39 is 56.9 Å². The highest BCUT2D eigenvalue weighted by atomic mass is 35.5. The van der Waals surface area contributed by atoms with E-state index in [1.165, 1.54) is 43.4 Å². The zero-order valence-electron chi connectivity index (χ0n) is 25.1. The van der Waals surface area contributed by atoms with Crippen molar-refractivity contribution in [2.24, 2.45) is 0 Å². The molecular formula is C33H29Cl3F3N3O4S. The van der Waals surface area contributed by atoms with Gasteiger partial charge in [-0.3, -0.25) is 13.9 Å². The van der Waals surface area contributed by atoms with E-state index in [-0.39, 0.29) is 22.9 Å². The van der Waals surface area contributed by atoms with Crippen LogP contribution in [-0.4, -0.2) is 44.8 Å². The van der Waals surface area contributed by atoms with Gasteiger partial charge in [0.1, 0.15) is 12.6 Å². The summed E-state index contributed by atoms with van der Waals surface area (Å²) >= 11 is 18.4. The van der Waals surface area contributed by atoms with Crippen LogP contribution < -0.4 is 9.62 Å². The number of aryl methyl sites for hydroxylation is 1. The van der Waals surface area contributed by atoms with E-state index in [0.717, 1.165) is 22.6 Å². The second-order valence-corrected chi connectivity index (χ2v) is 13.7. The molecule has 1 atom stereocenters. The van der Waals surface area contributed by atoms with E-state index in [0.29, 0.717) is 26.5 Å². The fourth-order valence-corrected chi connectivity index (χ4v) is 6.90. The molecule has 0 saturated heterocycles. The molecular weight excluding hydrogens is 698 g/mol. The zero-order chi connectivity index (χ0) is 34.5. The van der Waals surface area contributed by atoms with Crippen molar-refractivity contribution in [1.29, 1.82) is 0 Å². The highest BCUT2D eigenvalue weighted by Crippen LogP contribution is 2.38. The monoisotopic (exact) mass is 725 g/mol. The van der Waals surface area contributed by atoms with Crippen molar-refractivity contribution >= 4 is 62.3 Å². The summed E-state index contributed by atoms with van der Waals surface area (Å²) in [5, 5.41) is 2.40. The number of benzene rings is 4. The predicted molar refractivity (Wildman–Crippen MR) is 177 cm³/mol. The molecule has 4 aromatic rings.